The summed E-state index contributed by atoms with van der Waals surface area (Å²) < 4.78 is 14.7. The first-order valence-corrected chi connectivity index (χ1v) is 12.7. The molecule has 2 atom stereocenters. The van der Waals surface area contributed by atoms with E-state index in [9.17, 15) is 0 Å². The minimum Gasteiger partial charge on any atom is -0.475 e. The van der Waals surface area contributed by atoms with Gasteiger partial charge in [0.2, 0.25) is 0 Å². The number of ether oxygens (including phenoxy) is 2. The van der Waals surface area contributed by atoms with Crippen LogP contribution in [0.5, 0.6) is 11.5 Å². The highest BCUT2D eigenvalue weighted by molar-refractivity contribution is 14.2. The summed E-state index contributed by atoms with van der Waals surface area (Å²) >= 11 is 4.87. The summed E-state index contributed by atoms with van der Waals surface area (Å²) in [7, 11) is 5.05. The van der Waals surface area contributed by atoms with E-state index in [0.29, 0.717) is 17.9 Å². The third kappa shape index (κ3) is 3.25. The zero-order valence-corrected chi connectivity index (χ0v) is 17.4. The van der Waals surface area contributed by atoms with Gasteiger partial charge in [-0.15, -0.1) is 31.5 Å². The van der Waals surface area contributed by atoms with Crippen molar-refractivity contribution in [3.63, 3.8) is 0 Å². The summed E-state index contributed by atoms with van der Waals surface area (Å²) in [5.41, 5.74) is 2.32. The van der Waals surface area contributed by atoms with Crippen molar-refractivity contribution in [3.05, 3.63) is 23.3 Å². The van der Waals surface area contributed by atoms with Crippen molar-refractivity contribution in [1.29, 1.82) is 0 Å². The summed E-state index contributed by atoms with van der Waals surface area (Å²) in [6.45, 7) is 3.17. The van der Waals surface area contributed by atoms with Crippen molar-refractivity contribution < 1.29 is 9.47 Å². The largest absolute Gasteiger partial charge is 0.475 e. The monoisotopic (exact) mass is 532 g/mol. The molecule has 106 valence electrons. The van der Waals surface area contributed by atoms with Crippen LogP contribution in [-0.2, 0) is 13.1 Å². The van der Waals surface area contributed by atoms with E-state index in [0.717, 1.165) is 24.6 Å². The van der Waals surface area contributed by atoms with Crippen molar-refractivity contribution in [1.82, 2.24) is 9.48 Å². The molecular weight excluding hydrogens is 518 g/mol. The molecule has 0 saturated heterocycles. The highest BCUT2D eigenvalue weighted by Gasteiger charge is 2.29. The zero-order valence-electron chi connectivity index (χ0n) is 11.1. The molecule has 0 amide bonds. The molecule has 2 unspecified atom stereocenters. The minimum atomic E-state index is -0.145. The average molecular weight is 532 g/mol. The SMILES string of the molecule is BP(I)N1COc2c(ccc3c2OCN(B(P)I)C3)C1. The van der Waals surface area contributed by atoms with Gasteiger partial charge in [0.15, 0.2) is 19.1 Å². The van der Waals surface area contributed by atoms with Gasteiger partial charge in [-0.3, -0.25) is 4.81 Å². The van der Waals surface area contributed by atoms with Crippen LogP contribution in [0, 0.1) is 0 Å². The van der Waals surface area contributed by atoms with E-state index < -0.39 is 0 Å². The lowest BCUT2D eigenvalue weighted by atomic mass is 10.0. The lowest BCUT2D eigenvalue weighted by Crippen LogP contribution is -2.37. The number of halogens is 2. The molecule has 0 fully saturated rings. The minimum absolute atomic E-state index is 0.145. The average Bonchev–Trinajstić information content (AvgIpc) is 2.45. The van der Waals surface area contributed by atoms with Gasteiger partial charge >= 0.3 is 4.42 Å². The fourth-order valence-electron chi connectivity index (χ4n) is 2.34. The first-order chi connectivity index (χ1) is 9.56. The molecule has 0 aromatic heterocycles. The molecule has 0 radical (unpaired) electrons. The molecule has 2 aliphatic heterocycles. The normalized spacial score (nSPS) is 20.4. The second-order valence-electron chi connectivity index (χ2n) is 4.82. The maximum atomic E-state index is 5.98. The van der Waals surface area contributed by atoms with E-state index in [-0.39, 0.29) is 5.59 Å². The molecule has 0 N–H and O–H groups in total. The van der Waals surface area contributed by atoms with Gasteiger partial charge in [-0.25, -0.2) is 4.67 Å². The summed E-state index contributed by atoms with van der Waals surface area (Å²) in [6.07, 6.45) is 0. The van der Waals surface area contributed by atoms with Gasteiger partial charge in [0.05, 0.1) is 0 Å². The van der Waals surface area contributed by atoms with E-state index in [1.54, 1.807) is 0 Å². The van der Waals surface area contributed by atoms with Gasteiger partial charge in [-0.05, 0) is 27.6 Å². The number of nitrogens with zero attached hydrogens (tertiary/aromatic N) is 2. The van der Waals surface area contributed by atoms with Crippen LogP contribution >= 0.6 is 59.1 Å². The van der Waals surface area contributed by atoms with Crippen molar-refractivity contribution in [3.8, 4) is 11.5 Å². The molecule has 0 spiro atoms. The van der Waals surface area contributed by atoms with Gasteiger partial charge in [-0.1, -0.05) is 12.1 Å². The topological polar surface area (TPSA) is 24.9 Å². The number of rotatable bonds is 2. The van der Waals surface area contributed by atoms with Crippen LogP contribution in [0.2, 0.25) is 0 Å². The van der Waals surface area contributed by atoms with Crippen molar-refractivity contribution in [2.45, 2.75) is 13.1 Å². The third-order valence-electron chi connectivity index (χ3n) is 3.47. The summed E-state index contributed by atoms with van der Waals surface area (Å²) in [5, 5.41) is 0. The van der Waals surface area contributed by atoms with Crippen LogP contribution in [0.25, 0.3) is 0 Å². The molecular formula is C10H14B2I2N2O2P2. The Hall–Kier alpha value is 1.19. The molecule has 0 aliphatic carbocycles. The zero-order chi connectivity index (χ0) is 14.3. The molecule has 1 aromatic carbocycles. The predicted molar refractivity (Wildman–Crippen MR) is 107 cm³/mol. The first-order valence-electron chi connectivity index (χ1n) is 6.24. The van der Waals surface area contributed by atoms with Crippen LogP contribution in [0.1, 0.15) is 11.1 Å². The summed E-state index contributed by atoms with van der Waals surface area (Å²) in [4.78, 5) is 2.27. The fourth-order valence-corrected chi connectivity index (χ4v) is 4.28. The smallest absolute Gasteiger partial charge is 0.322 e. The summed E-state index contributed by atoms with van der Waals surface area (Å²) in [5.74, 6) is 1.91. The lowest BCUT2D eigenvalue weighted by molar-refractivity contribution is 0.137. The van der Waals surface area contributed by atoms with Gasteiger partial charge < -0.3 is 9.47 Å². The molecule has 2 aliphatic rings. The second kappa shape index (κ2) is 6.75. The van der Waals surface area contributed by atoms with E-state index in [2.05, 4.69) is 82.7 Å². The maximum Gasteiger partial charge on any atom is 0.322 e. The Labute approximate surface area is 150 Å². The van der Waals surface area contributed by atoms with Crippen molar-refractivity contribution in [2.24, 2.45) is 0 Å². The predicted octanol–water partition coefficient (Wildman–Crippen LogP) is 2.58. The third-order valence-corrected chi connectivity index (χ3v) is 7.55. The fraction of sp³-hybridized carbons (Fsp3) is 0.400. The van der Waals surface area contributed by atoms with E-state index in [1.807, 2.05) is 0 Å². The van der Waals surface area contributed by atoms with Crippen LogP contribution in [0.3, 0.4) is 0 Å². The molecule has 4 nitrogen and oxygen atoms in total. The quantitative estimate of drug-likeness (QED) is 0.333. The molecule has 0 saturated carbocycles. The Bertz CT molecular complexity index is 479. The van der Waals surface area contributed by atoms with E-state index in [4.69, 9.17) is 9.47 Å². The lowest BCUT2D eigenvalue weighted by Gasteiger charge is -2.35. The van der Waals surface area contributed by atoms with Crippen molar-refractivity contribution in [2.75, 3.05) is 13.5 Å². The second-order valence-corrected chi connectivity index (χ2v) is 13.7. The number of benzene rings is 1. The van der Waals surface area contributed by atoms with Gasteiger partial charge in [-0.2, -0.15) is 0 Å². The van der Waals surface area contributed by atoms with Crippen LogP contribution in [-0.4, -0.2) is 34.9 Å². The number of hydrogen-bond donors (Lipinski definition) is 0. The molecule has 1 aromatic rings. The Balaban J connectivity index is 1.87. The Kier molecular flexibility index (Phi) is 5.42. The van der Waals surface area contributed by atoms with Crippen molar-refractivity contribution >= 4 is 71.1 Å². The van der Waals surface area contributed by atoms with Gasteiger partial charge in [0, 0.05) is 24.2 Å². The molecule has 20 heavy (non-hydrogen) atoms. The maximum absolute atomic E-state index is 5.98. The van der Waals surface area contributed by atoms with Gasteiger partial charge in [0.25, 0.3) is 0 Å². The van der Waals surface area contributed by atoms with Crippen LogP contribution in [0.15, 0.2) is 12.1 Å². The standard InChI is InChI=1S/C10H14B2I2N2O2P2/c11-20(14)16-4-8-2-1-7-3-15(12(13)19)5-17-9(7)10(8)18-6-16/h1-2H,3-6,11,19H2. The number of fused-ring (bicyclic) bond motifs is 3. The van der Waals surface area contributed by atoms with E-state index >= 15 is 0 Å². The van der Waals surface area contributed by atoms with Crippen LogP contribution < -0.4 is 9.47 Å². The highest BCUT2D eigenvalue weighted by Crippen LogP contribution is 2.49. The van der Waals surface area contributed by atoms with E-state index in [1.165, 1.54) is 11.1 Å². The number of hydrogen-bond acceptors (Lipinski definition) is 4. The molecule has 3 rings (SSSR count). The Morgan fingerprint density at radius 2 is 1.80 bits per heavy atom. The van der Waals surface area contributed by atoms with Crippen LogP contribution in [0.4, 0.5) is 0 Å². The summed E-state index contributed by atoms with van der Waals surface area (Å²) in [6, 6.07) is 4.37. The molecule has 0 bridgehead atoms. The first kappa shape index (κ1) is 16.1. The molecule has 2 heterocycles. The molecule has 10 heteroatoms. The highest BCUT2D eigenvalue weighted by atomic mass is 127. The Morgan fingerprint density at radius 1 is 1.20 bits per heavy atom. The Morgan fingerprint density at radius 3 is 2.40 bits per heavy atom. The van der Waals surface area contributed by atoms with Gasteiger partial charge in [0.1, 0.15) is 13.5 Å².